The van der Waals surface area contributed by atoms with Gasteiger partial charge in [0.15, 0.2) is 0 Å². The molecule has 0 saturated carbocycles. The molecular weight excluding hydrogens is 398 g/mol. The highest BCUT2D eigenvalue weighted by molar-refractivity contribution is 7.89. The number of methoxy groups -OCH3 is 2. The van der Waals surface area contributed by atoms with E-state index in [2.05, 4.69) is 10.0 Å². The van der Waals surface area contributed by atoms with Crippen molar-refractivity contribution in [1.29, 1.82) is 0 Å². The number of ether oxygens (including phenoxy) is 2. The summed E-state index contributed by atoms with van der Waals surface area (Å²) in [6.07, 6.45) is 0.724. The minimum Gasteiger partial charge on any atom is -0.385 e. The van der Waals surface area contributed by atoms with Gasteiger partial charge in [-0.1, -0.05) is 0 Å². The van der Waals surface area contributed by atoms with Crippen LogP contribution >= 0.6 is 0 Å². The van der Waals surface area contributed by atoms with Gasteiger partial charge in [0.1, 0.15) is 0 Å². The molecular formula is C19H29N3O6S. The van der Waals surface area contributed by atoms with Gasteiger partial charge in [-0.15, -0.1) is 0 Å². The first-order chi connectivity index (χ1) is 13.8. The van der Waals surface area contributed by atoms with Crippen molar-refractivity contribution < 1.29 is 27.5 Å². The number of nitrogens with one attached hydrogen (secondary N) is 2. The average molecular weight is 428 g/mol. The smallest absolute Gasteiger partial charge is 0.240 e. The molecule has 162 valence electrons. The van der Waals surface area contributed by atoms with Gasteiger partial charge in [-0.2, -0.15) is 0 Å². The molecule has 1 aromatic rings. The van der Waals surface area contributed by atoms with Gasteiger partial charge in [-0.05, 0) is 37.6 Å². The molecule has 1 fully saturated rings. The summed E-state index contributed by atoms with van der Waals surface area (Å²) < 4.78 is 36.9. The van der Waals surface area contributed by atoms with Gasteiger partial charge in [0, 0.05) is 46.0 Å². The highest BCUT2D eigenvalue weighted by atomic mass is 32.2. The molecule has 2 rings (SSSR count). The van der Waals surface area contributed by atoms with E-state index < -0.39 is 15.9 Å². The fourth-order valence-corrected chi connectivity index (χ4v) is 4.21. The Balaban J connectivity index is 1.92. The largest absolute Gasteiger partial charge is 0.385 e. The van der Waals surface area contributed by atoms with E-state index >= 15 is 0 Å². The van der Waals surface area contributed by atoms with E-state index in [-0.39, 0.29) is 35.7 Å². The average Bonchev–Trinajstić information content (AvgIpc) is 3.08. The van der Waals surface area contributed by atoms with Crippen LogP contribution in [-0.2, 0) is 29.1 Å². The normalized spacial score (nSPS) is 18.1. The molecule has 1 heterocycles. The molecule has 0 unspecified atom stereocenters. The number of benzene rings is 1. The maximum atomic E-state index is 12.5. The molecule has 0 aromatic heterocycles. The van der Waals surface area contributed by atoms with Crippen LogP contribution in [0.1, 0.15) is 19.8 Å². The van der Waals surface area contributed by atoms with Gasteiger partial charge in [0.05, 0.1) is 23.5 Å². The Morgan fingerprint density at radius 2 is 1.93 bits per heavy atom. The molecule has 29 heavy (non-hydrogen) atoms. The first-order valence-electron chi connectivity index (χ1n) is 9.46. The SMILES string of the molecule is COCCCNS(=O)(=O)c1ccc(NC(=O)[C@@H]2CC(=O)N([C@@H](C)COC)C2)cc1. The number of rotatable bonds is 11. The van der Waals surface area contributed by atoms with Crippen LogP contribution in [0.15, 0.2) is 29.2 Å². The Labute approximate surface area is 171 Å². The van der Waals surface area contributed by atoms with Gasteiger partial charge in [-0.25, -0.2) is 13.1 Å². The van der Waals surface area contributed by atoms with Crippen molar-refractivity contribution in [3.63, 3.8) is 0 Å². The third-order valence-corrected chi connectivity index (χ3v) is 6.20. The fraction of sp³-hybridized carbons (Fsp3) is 0.579. The first kappa shape index (κ1) is 23.3. The van der Waals surface area contributed by atoms with E-state index in [9.17, 15) is 18.0 Å². The first-order valence-corrected chi connectivity index (χ1v) is 10.9. The van der Waals surface area contributed by atoms with Crippen LogP contribution < -0.4 is 10.0 Å². The number of carbonyl (C=O) groups excluding carboxylic acids is 2. The highest BCUT2D eigenvalue weighted by Crippen LogP contribution is 2.22. The maximum Gasteiger partial charge on any atom is 0.240 e. The number of likely N-dealkylation sites (tertiary alicyclic amines) is 1. The number of hydrogen-bond donors (Lipinski definition) is 2. The lowest BCUT2D eigenvalue weighted by molar-refractivity contribution is -0.130. The molecule has 10 heteroatoms. The predicted octanol–water partition coefficient (Wildman–Crippen LogP) is 0.823. The standard InChI is InChI=1S/C19H29N3O6S/c1-14(13-28-3)22-12-15(11-18(22)23)19(24)21-16-5-7-17(8-6-16)29(25,26)20-9-4-10-27-2/h5-8,14-15,20H,4,9-13H2,1-3H3,(H,21,24)/t14-,15+/m0/s1. The number of hydrogen-bond acceptors (Lipinski definition) is 6. The summed E-state index contributed by atoms with van der Waals surface area (Å²) in [5.74, 6) is -0.790. The molecule has 1 aliphatic heterocycles. The Kier molecular flexibility index (Phi) is 8.57. The van der Waals surface area contributed by atoms with Crippen molar-refractivity contribution in [2.45, 2.75) is 30.7 Å². The Morgan fingerprint density at radius 3 is 2.55 bits per heavy atom. The molecule has 1 aliphatic rings. The van der Waals surface area contributed by atoms with E-state index in [0.717, 1.165) is 0 Å². The van der Waals surface area contributed by atoms with Crippen LogP contribution in [0.3, 0.4) is 0 Å². The molecule has 2 amide bonds. The van der Waals surface area contributed by atoms with Crippen LogP contribution in [0.4, 0.5) is 5.69 Å². The number of carbonyl (C=O) groups is 2. The van der Waals surface area contributed by atoms with E-state index in [1.807, 2.05) is 6.92 Å². The molecule has 9 nitrogen and oxygen atoms in total. The van der Waals surface area contributed by atoms with Crippen LogP contribution in [0.2, 0.25) is 0 Å². The van der Waals surface area contributed by atoms with Crippen LogP contribution in [0, 0.1) is 5.92 Å². The predicted molar refractivity (Wildman–Crippen MR) is 108 cm³/mol. The Bertz CT molecular complexity index is 797. The minimum atomic E-state index is -3.61. The molecule has 1 aromatic carbocycles. The summed E-state index contributed by atoms with van der Waals surface area (Å²) in [7, 11) is -0.487. The number of amides is 2. The van der Waals surface area contributed by atoms with Crippen molar-refractivity contribution in [3.05, 3.63) is 24.3 Å². The Hall–Kier alpha value is -2.01. The van der Waals surface area contributed by atoms with Crippen molar-refractivity contribution in [2.75, 3.05) is 45.8 Å². The molecule has 2 N–H and O–H groups in total. The van der Waals surface area contributed by atoms with Crippen molar-refractivity contribution in [1.82, 2.24) is 9.62 Å². The summed E-state index contributed by atoms with van der Waals surface area (Å²) in [5.41, 5.74) is 0.476. The van der Waals surface area contributed by atoms with Crippen LogP contribution in [0.25, 0.3) is 0 Å². The molecule has 0 bridgehead atoms. The second-order valence-corrected chi connectivity index (χ2v) is 8.78. The van der Waals surface area contributed by atoms with Gasteiger partial charge >= 0.3 is 0 Å². The topological polar surface area (TPSA) is 114 Å². The summed E-state index contributed by atoms with van der Waals surface area (Å²) in [6.45, 7) is 3.38. The van der Waals surface area contributed by atoms with E-state index in [4.69, 9.17) is 9.47 Å². The number of anilines is 1. The summed E-state index contributed by atoms with van der Waals surface area (Å²) in [5, 5.41) is 2.75. The monoisotopic (exact) mass is 427 g/mol. The lowest BCUT2D eigenvalue weighted by Gasteiger charge is -2.23. The van der Waals surface area contributed by atoms with Gasteiger partial charge in [0.2, 0.25) is 21.8 Å². The molecule has 0 spiro atoms. The third kappa shape index (κ3) is 6.49. The zero-order valence-electron chi connectivity index (χ0n) is 17.0. The minimum absolute atomic E-state index is 0.0734. The number of nitrogens with zero attached hydrogens (tertiary/aromatic N) is 1. The van der Waals surface area contributed by atoms with E-state index in [1.54, 1.807) is 19.1 Å². The van der Waals surface area contributed by atoms with Gasteiger partial charge < -0.3 is 19.7 Å². The summed E-state index contributed by atoms with van der Waals surface area (Å²) in [4.78, 5) is 26.4. The molecule has 1 saturated heterocycles. The van der Waals surface area contributed by atoms with Crippen molar-refractivity contribution >= 4 is 27.5 Å². The van der Waals surface area contributed by atoms with E-state index in [0.29, 0.717) is 31.9 Å². The molecule has 0 radical (unpaired) electrons. The van der Waals surface area contributed by atoms with Crippen LogP contribution in [0.5, 0.6) is 0 Å². The molecule has 0 aliphatic carbocycles. The van der Waals surface area contributed by atoms with Crippen molar-refractivity contribution in [2.24, 2.45) is 5.92 Å². The fourth-order valence-electron chi connectivity index (χ4n) is 3.13. The maximum absolute atomic E-state index is 12.5. The quantitative estimate of drug-likeness (QED) is 0.506. The third-order valence-electron chi connectivity index (χ3n) is 4.72. The lowest BCUT2D eigenvalue weighted by atomic mass is 10.1. The second-order valence-electron chi connectivity index (χ2n) is 7.01. The van der Waals surface area contributed by atoms with Crippen molar-refractivity contribution in [3.8, 4) is 0 Å². The zero-order valence-corrected chi connectivity index (χ0v) is 17.8. The van der Waals surface area contributed by atoms with Gasteiger partial charge in [0.25, 0.3) is 0 Å². The summed E-state index contributed by atoms with van der Waals surface area (Å²) in [6, 6.07) is 5.83. The van der Waals surface area contributed by atoms with Gasteiger partial charge in [-0.3, -0.25) is 9.59 Å². The molecule has 2 atom stereocenters. The number of sulfonamides is 1. The van der Waals surface area contributed by atoms with E-state index in [1.165, 1.54) is 24.3 Å². The van der Waals surface area contributed by atoms with Crippen LogP contribution in [-0.4, -0.2) is 71.7 Å². The Morgan fingerprint density at radius 1 is 1.24 bits per heavy atom. The summed E-state index contributed by atoms with van der Waals surface area (Å²) >= 11 is 0. The second kappa shape index (κ2) is 10.7. The highest BCUT2D eigenvalue weighted by Gasteiger charge is 2.36. The zero-order chi connectivity index (χ0) is 21.4. The lowest BCUT2D eigenvalue weighted by Crippen LogP contribution is -2.38.